The fraction of sp³-hybridized carbons (Fsp3) is 0.286. The molecular weight excluding hydrogens is 444 g/mol. The van der Waals surface area contributed by atoms with Gasteiger partial charge in [-0.25, -0.2) is 4.79 Å². The van der Waals surface area contributed by atoms with Gasteiger partial charge >= 0.3 is 12.0 Å². The van der Waals surface area contributed by atoms with Crippen molar-refractivity contribution in [2.45, 2.75) is 55.2 Å². The molecule has 3 aromatic rings. The molecule has 2 N–H and O–H groups in total. The molecule has 0 radical (unpaired) electrons. The molecule has 0 atom stereocenters. The minimum absolute atomic E-state index is 0.0180. The Bertz CT molecular complexity index is 1050. The molecule has 0 fully saturated rings. The third kappa shape index (κ3) is 8.27. The zero-order valence-corrected chi connectivity index (χ0v) is 20.4. The van der Waals surface area contributed by atoms with Crippen LogP contribution in [0.3, 0.4) is 0 Å². The molecule has 0 spiro atoms. The molecule has 0 heterocycles. The third-order valence-electron chi connectivity index (χ3n) is 5.40. The smallest absolute Gasteiger partial charge is 0.326 e. The van der Waals surface area contributed by atoms with Crippen molar-refractivity contribution in [1.82, 2.24) is 0 Å². The summed E-state index contributed by atoms with van der Waals surface area (Å²) < 4.78 is 0. The summed E-state index contributed by atoms with van der Waals surface area (Å²) in [6.45, 7) is 2.85. The highest BCUT2D eigenvalue weighted by Gasteiger charge is 2.16. The highest BCUT2D eigenvalue weighted by Crippen LogP contribution is 2.31. The number of aliphatic carboxylic acids is 1. The number of hydrogen-bond donors (Lipinski definition) is 2. The van der Waals surface area contributed by atoms with E-state index in [1.54, 1.807) is 11.8 Å². The van der Waals surface area contributed by atoms with Gasteiger partial charge in [0, 0.05) is 27.7 Å². The summed E-state index contributed by atoms with van der Waals surface area (Å²) in [7, 11) is 0. The van der Waals surface area contributed by atoms with Crippen molar-refractivity contribution in [3.05, 3.63) is 84.4 Å². The van der Waals surface area contributed by atoms with Gasteiger partial charge in [0.25, 0.3) is 0 Å². The highest BCUT2D eigenvalue weighted by atomic mass is 32.2. The van der Waals surface area contributed by atoms with Gasteiger partial charge in [0.05, 0.1) is 6.42 Å². The van der Waals surface area contributed by atoms with Crippen molar-refractivity contribution < 1.29 is 14.7 Å². The second-order valence-electron chi connectivity index (χ2n) is 8.18. The Morgan fingerprint density at radius 2 is 1.59 bits per heavy atom. The van der Waals surface area contributed by atoms with Gasteiger partial charge in [0.1, 0.15) is 0 Å². The molecule has 3 aromatic carbocycles. The molecule has 0 saturated carbocycles. The highest BCUT2D eigenvalue weighted by molar-refractivity contribution is 7.99. The maximum Gasteiger partial charge on any atom is 0.326 e. The first-order valence-corrected chi connectivity index (χ1v) is 12.6. The van der Waals surface area contributed by atoms with Gasteiger partial charge in [0.2, 0.25) is 0 Å². The molecular formula is C28H32N2O3S. The molecule has 34 heavy (non-hydrogen) atoms. The zero-order valence-electron chi connectivity index (χ0n) is 19.6. The van der Waals surface area contributed by atoms with Crippen LogP contribution in [0.2, 0.25) is 0 Å². The Morgan fingerprint density at radius 3 is 2.29 bits per heavy atom. The number of hydrogen-bond acceptors (Lipinski definition) is 3. The summed E-state index contributed by atoms with van der Waals surface area (Å²) in [5, 5.41) is 12.0. The minimum atomic E-state index is -0.836. The van der Waals surface area contributed by atoms with Crippen LogP contribution in [0.4, 0.5) is 16.2 Å². The number of amides is 2. The normalized spacial score (nSPS) is 10.6. The molecule has 0 unspecified atom stereocenters. The van der Waals surface area contributed by atoms with Gasteiger partial charge in [-0.15, -0.1) is 0 Å². The summed E-state index contributed by atoms with van der Waals surface area (Å²) in [5.74, 6) is -0.836. The Morgan fingerprint density at radius 1 is 0.853 bits per heavy atom. The van der Waals surface area contributed by atoms with Crippen LogP contribution in [0.1, 0.15) is 44.6 Å². The van der Waals surface area contributed by atoms with Gasteiger partial charge in [-0.1, -0.05) is 80.8 Å². The number of para-hydroxylation sites is 1. The van der Waals surface area contributed by atoms with Gasteiger partial charge in [-0.2, -0.15) is 0 Å². The van der Waals surface area contributed by atoms with Crippen LogP contribution in [-0.4, -0.2) is 23.7 Å². The van der Waals surface area contributed by atoms with Gasteiger partial charge in [-0.3, -0.25) is 9.69 Å². The Kier molecular flexibility index (Phi) is 10.0. The van der Waals surface area contributed by atoms with E-state index in [1.165, 1.54) is 19.3 Å². The number of nitrogens with zero attached hydrogens (tertiary/aromatic N) is 1. The number of rotatable bonds is 12. The number of carboxylic acid groups (broad SMARTS) is 1. The van der Waals surface area contributed by atoms with E-state index in [4.69, 9.17) is 5.11 Å². The lowest BCUT2D eigenvalue weighted by Crippen LogP contribution is -2.35. The molecule has 0 aliphatic heterocycles. The van der Waals surface area contributed by atoms with Gasteiger partial charge in [0.15, 0.2) is 0 Å². The molecule has 5 nitrogen and oxygen atoms in total. The fourth-order valence-corrected chi connectivity index (χ4v) is 4.51. The molecule has 6 heteroatoms. The summed E-state index contributed by atoms with van der Waals surface area (Å²) in [4.78, 5) is 27.9. The average molecular weight is 477 g/mol. The number of anilines is 2. The van der Waals surface area contributed by atoms with E-state index in [0.717, 1.165) is 39.6 Å². The number of carbonyl (C=O) groups excluding carboxylic acids is 1. The van der Waals surface area contributed by atoms with Crippen LogP contribution in [0.15, 0.2) is 88.7 Å². The SMILES string of the molecule is CCCCCCCN(C(=O)Nc1ccccc1)c1cccc(Sc2ccc(CC(=O)O)cc2)c1. The van der Waals surface area contributed by atoms with Crippen LogP contribution in [0.25, 0.3) is 0 Å². The van der Waals surface area contributed by atoms with E-state index in [-0.39, 0.29) is 12.5 Å². The Labute approximate surface area is 206 Å². The zero-order chi connectivity index (χ0) is 24.2. The van der Waals surface area contributed by atoms with Crippen LogP contribution >= 0.6 is 11.8 Å². The van der Waals surface area contributed by atoms with Crippen molar-refractivity contribution >= 4 is 35.1 Å². The lowest BCUT2D eigenvalue weighted by Gasteiger charge is -2.24. The Balaban J connectivity index is 1.73. The van der Waals surface area contributed by atoms with E-state index < -0.39 is 5.97 Å². The number of unbranched alkanes of at least 4 members (excludes halogenated alkanes) is 4. The lowest BCUT2D eigenvalue weighted by atomic mass is 10.1. The van der Waals surface area contributed by atoms with Gasteiger partial charge in [-0.05, 0) is 54.4 Å². The molecule has 0 saturated heterocycles. The molecule has 178 valence electrons. The number of urea groups is 1. The minimum Gasteiger partial charge on any atom is -0.481 e. The quantitative estimate of drug-likeness (QED) is 0.266. The first-order chi connectivity index (χ1) is 16.5. The van der Waals surface area contributed by atoms with E-state index >= 15 is 0 Å². The molecule has 3 rings (SSSR count). The summed E-state index contributed by atoms with van der Waals surface area (Å²) in [6.07, 6.45) is 5.65. The first kappa shape index (κ1) is 25.4. The molecule has 0 aromatic heterocycles. The molecule has 2 amide bonds. The van der Waals surface area contributed by atoms with Crippen LogP contribution < -0.4 is 10.2 Å². The number of carboxylic acids is 1. The fourth-order valence-electron chi connectivity index (χ4n) is 3.63. The number of carbonyl (C=O) groups is 2. The standard InChI is InChI=1S/C28H32N2O3S/c1-2-3-4-5-9-19-30(28(33)29-23-11-7-6-8-12-23)24-13-10-14-26(21-24)34-25-17-15-22(16-18-25)20-27(31)32/h6-8,10-18,21H,2-5,9,19-20H2,1H3,(H,29,33)(H,31,32). The molecule has 0 aliphatic carbocycles. The maximum atomic E-state index is 13.2. The third-order valence-corrected chi connectivity index (χ3v) is 6.40. The van der Waals surface area contributed by atoms with E-state index in [9.17, 15) is 9.59 Å². The van der Waals surface area contributed by atoms with E-state index in [2.05, 4.69) is 12.2 Å². The second kappa shape index (κ2) is 13.5. The average Bonchev–Trinajstić information content (AvgIpc) is 2.83. The van der Waals surface area contributed by atoms with Crippen molar-refractivity contribution in [2.24, 2.45) is 0 Å². The predicted octanol–water partition coefficient (Wildman–Crippen LogP) is 7.47. The van der Waals surface area contributed by atoms with Gasteiger partial charge < -0.3 is 10.4 Å². The first-order valence-electron chi connectivity index (χ1n) is 11.8. The van der Waals surface area contributed by atoms with Crippen LogP contribution in [0, 0.1) is 0 Å². The number of nitrogens with one attached hydrogen (secondary N) is 1. The van der Waals surface area contributed by atoms with Crippen molar-refractivity contribution in [2.75, 3.05) is 16.8 Å². The monoisotopic (exact) mass is 476 g/mol. The predicted molar refractivity (Wildman–Crippen MR) is 140 cm³/mol. The topological polar surface area (TPSA) is 69.6 Å². The molecule has 0 bridgehead atoms. The van der Waals surface area contributed by atoms with Crippen LogP contribution in [0.5, 0.6) is 0 Å². The second-order valence-corrected chi connectivity index (χ2v) is 9.32. The largest absolute Gasteiger partial charge is 0.481 e. The lowest BCUT2D eigenvalue weighted by molar-refractivity contribution is -0.136. The van der Waals surface area contributed by atoms with E-state index in [0.29, 0.717) is 6.54 Å². The van der Waals surface area contributed by atoms with Crippen LogP contribution in [-0.2, 0) is 11.2 Å². The summed E-state index contributed by atoms with van der Waals surface area (Å²) in [5.41, 5.74) is 2.41. The molecule has 0 aliphatic rings. The van der Waals surface area contributed by atoms with Crippen molar-refractivity contribution in [3.63, 3.8) is 0 Å². The summed E-state index contributed by atoms with van der Waals surface area (Å²) in [6, 6.07) is 24.9. The Hall–Kier alpha value is -3.25. The summed E-state index contributed by atoms with van der Waals surface area (Å²) >= 11 is 1.59. The number of benzene rings is 3. The van der Waals surface area contributed by atoms with E-state index in [1.807, 2.05) is 83.8 Å². The maximum absolute atomic E-state index is 13.2. The van der Waals surface area contributed by atoms with Crippen molar-refractivity contribution in [1.29, 1.82) is 0 Å². The van der Waals surface area contributed by atoms with Crippen molar-refractivity contribution in [3.8, 4) is 0 Å².